The number of anilines is 1. The number of rotatable bonds is 4. The van der Waals surface area contributed by atoms with E-state index in [2.05, 4.69) is 4.98 Å². The van der Waals surface area contributed by atoms with Crippen LogP contribution in [0.5, 0.6) is 0 Å². The average molecular weight is 468 g/mol. The maximum atomic E-state index is 12.8. The van der Waals surface area contributed by atoms with Crippen molar-refractivity contribution < 1.29 is 31.9 Å². The molecule has 0 radical (unpaired) electrons. The number of piperazine rings is 1. The van der Waals surface area contributed by atoms with Gasteiger partial charge in [0.2, 0.25) is 5.76 Å². The molecule has 0 atom stereocenters. The highest BCUT2D eigenvalue weighted by Gasteiger charge is 2.32. The highest BCUT2D eigenvalue weighted by molar-refractivity contribution is 6.33. The van der Waals surface area contributed by atoms with Gasteiger partial charge < -0.3 is 19.0 Å². The van der Waals surface area contributed by atoms with Gasteiger partial charge in [-0.3, -0.25) is 4.79 Å². The Kier molecular flexibility index (Phi) is 5.96. The van der Waals surface area contributed by atoms with Crippen molar-refractivity contribution in [1.29, 1.82) is 0 Å². The van der Waals surface area contributed by atoms with Crippen LogP contribution in [0.4, 0.5) is 19.0 Å². The van der Waals surface area contributed by atoms with Crippen LogP contribution >= 0.6 is 11.6 Å². The van der Waals surface area contributed by atoms with Gasteiger partial charge in [-0.15, -0.1) is 0 Å². The number of nitrogens with zero attached hydrogens (tertiary/aromatic N) is 3. The van der Waals surface area contributed by atoms with Crippen LogP contribution < -0.4 is 4.90 Å². The van der Waals surface area contributed by atoms with Crippen molar-refractivity contribution in [3.63, 3.8) is 0 Å². The van der Waals surface area contributed by atoms with Crippen molar-refractivity contribution in [2.75, 3.05) is 37.7 Å². The van der Waals surface area contributed by atoms with Crippen molar-refractivity contribution in [1.82, 2.24) is 9.88 Å². The normalized spacial score (nSPS) is 14.6. The Morgan fingerprint density at radius 1 is 1.12 bits per heavy atom. The molecule has 0 saturated carbocycles. The minimum Gasteiger partial charge on any atom is -0.450 e. The third-order valence-electron chi connectivity index (χ3n) is 5.03. The topological polar surface area (TPSA) is 75.9 Å². The molecule has 0 N–H and O–H groups in total. The van der Waals surface area contributed by atoms with Gasteiger partial charge in [-0.25, -0.2) is 9.78 Å². The molecule has 1 aromatic carbocycles. The number of fused-ring (bicyclic) bond motifs is 1. The number of furan rings is 1. The number of hydrogen-bond donors (Lipinski definition) is 0. The van der Waals surface area contributed by atoms with Gasteiger partial charge in [-0.1, -0.05) is 29.8 Å². The predicted octanol–water partition coefficient (Wildman–Crippen LogP) is 4.01. The van der Waals surface area contributed by atoms with Gasteiger partial charge in [0, 0.05) is 37.8 Å². The molecular formula is C21H17ClF3N3O4. The molecule has 1 amide bonds. The van der Waals surface area contributed by atoms with E-state index in [9.17, 15) is 22.8 Å². The van der Waals surface area contributed by atoms with Crippen LogP contribution in [0.25, 0.3) is 11.0 Å². The maximum Gasteiger partial charge on any atom is 0.417 e. The third-order valence-corrected chi connectivity index (χ3v) is 5.31. The first-order valence-electron chi connectivity index (χ1n) is 9.63. The first kappa shape index (κ1) is 21.9. The van der Waals surface area contributed by atoms with E-state index < -0.39 is 24.3 Å². The molecule has 3 aromatic rings. The molecule has 4 rings (SSSR count). The molecule has 32 heavy (non-hydrogen) atoms. The fraction of sp³-hybridized carbons (Fsp3) is 0.286. The van der Waals surface area contributed by atoms with Gasteiger partial charge in [-0.05, 0) is 18.2 Å². The number of halogens is 4. The number of alkyl halides is 3. The Bertz CT molecular complexity index is 1120. The van der Waals surface area contributed by atoms with E-state index in [0.29, 0.717) is 18.7 Å². The molecule has 1 aliphatic heterocycles. The number of ether oxygens (including phenoxy) is 1. The van der Waals surface area contributed by atoms with E-state index in [1.54, 1.807) is 29.2 Å². The number of hydrogen-bond acceptors (Lipinski definition) is 6. The number of carbonyl (C=O) groups is 2. The van der Waals surface area contributed by atoms with E-state index in [4.69, 9.17) is 20.8 Å². The van der Waals surface area contributed by atoms with E-state index in [0.717, 1.165) is 17.6 Å². The van der Waals surface area contributed by atoms with Gasteiger partial charge in [-0.2, -0.15) is 13.2 Å². The largest absolute Gasteiger partial charge is 0.450 e. The molecule has 0 spiro atoms. The first-order valence-corrected chi connectivity index (χ1v) is 10.0. The van der Waals surface area contributed by atoms with E-state index in [-0.39, 0.29) is 35.6 Å². The van der Waals surface area contributed by atoms with Crippen molar-refractivity contribution in [3.05, 3.63) is 58.9 Å². The quantitative estimate of drug-likeness (QED) is 0.540. The molecule has 1 aliphatic rings. The van der Waals surface area contributed by atoms with Crippen LogP contribution in [0.3, 0.4) is 0 Å². The number of pyridine rings is 1. The zero-order chi connectivity index (χ0) is 22.9. The number of aromatic nitrogens is 1. The standard InChI is InChI=1S/C21H17ClF3N3O4/c22-15-10-14(21(23,24)25)11-26-19(15)28-7-5-27(6-8-28)18(29)12-31-20(30)17-9-13-3-1-2-4-16(13)32-17/h1-4,9-11H,5-8,12H2. The predicted molar refractivity (Wildman–Crippen MR) is 110 cm³/mol. The molecule has 0 bridgehead atoms. The summed E-state index contributed by atoms with van der Waals surface area (Å²) in [5.74, 6) is -0.899. The van der Waals surface area contributed by atoms with E-state index >= 15 is 0 Å². The smallest absolute Gasteiger partial charge is 0.417 e. The summed E-state index contributed by atoms with van der Waals surface area (Å²) in [5.41, 5.74) is -0.385. The molecule has 0 unspecified atom stereocenters. The molecule has 168 valence electrons. The summed E-state index contributed by atoms with van der Waals surface area (Å²) in [5, 5.41) is 0.636. The van der Waals surface area contributed by atoms with Crippen LogP contribution in [0, 0.1) is 0 Å². The van der Waals surface area contributed by atoms with Crippen LogP contribution in [0.1, 0.15) is 16.1 Å². The number of amides is 1. The lowest BCUT2D eigenvalue weighted by Gasteiger charge is -2.35. The van der Waals surface area contributed by atoms with Gasteiger partial charge in [0.05, 0.1) is 10.6 Å². The molecule has 2 aromatic heterocycles. The highest BCUT2D eigenvalue weighted by atomic mass is 35.5. The fourth-order valence-corrected chi connectivity index (χ4v) is 3.64. The number of para-hydroxylation sites is 1. The number of esters is 1. The summed E-state index contributed by atoms with van der Waals surface area (Å²) in [6.07, 6.45) is -3.80. The Morgan fingerprint density at radius 3 is 2.50 bits per heavy atom. The molecule has 3 heterocycles. The number of benzene rings is 1. The summed E-state index contributed by atoms with van der Waals surface area (Å²) < 4.78 is 48.8. The zero-order valence-electron chi connectivity index (χ0n) is 16.6. The summed E-state index contributed by atoms with van der Waals surface area (Å²) in [6.45, 7) is 0.748. The van der Waals surface area contributed by atoms with Crippen LogP contribution in [-0.2, 0) is 15.7 Å². The Morgan fingerprint density at radius 2 is 1.84 bits per heavy atom. The second-order valence-electron chi connectivity index (χ2n) is 7.12. The maximum absolute atomic E-state index is 12.8. The summed E-state index contributed by atoms with van der Waals surface area (Å²) >= 11 is 5.99. The summed E-state index contributed by atoms with van der Waals surface area (Å²) in [4.78, 5) is 31.6. The monoisotopic (exact) mass is 467 g/mol. The lowest BCUT2D eigenvalue weighted by molar-refractivity contribution is -0.138. The van der Waals surface area contributed by atoms with Crippen molar-refractivity contribution in [3.8, 4) is 0 Å². The van der Waals surface area contributed by atoms with Crippen LogP contribution in [0.2, 0.25) is 5.02 Å². The van der Waals surface area contributed by atoms with Gasteiger partial charge in [0.15, 0.2) is 6.61 Å². The molecule has 11 heteroatoms. The molecular weight excluding hydrogens is 451 g/mol. The highest BCUT2D eigenvalue weighted by Crippen LogP contribution is 2.33. The van der Waals surface area contributed by atoms with Gasteiger partial charge in [0.1, 0.15) is 11.4 Å². The average Bonchev–Trinajstić information content (AvgIpc) is 3.21. The minimum atomic E-state index is -4.53. The van der Waals surface area contributed by atoms with E-state index in [1.165, 1.54) is 4.90 Å². The fourth-order valence-electron chi connectivity index (χ4n) is 3.36. The van der Waals surface area contributed by atoms with Gasteiger partial charge in [0.25, 0.3) is 5.91 Å². The number of carbonyl (C=O) groups excluding carboxylic acids is 2. The Labute approximate surface area is 185 Å². The molecule has 1 fully saturated rings. The molecule has 7 nitrogen and oxygen atoms in total. The van der Waals surface area contributed by atoms with E-state index in [1.807, 2.05) is 6.07 Å². The Hall–Kier alpha value is -3.27. The first-order chi connectivity index (χ1) is 15.2. The van der Waals surface area contributed by atoms with Crippen LogP contribution in [-0.4, -0.2) is 54.5 Å². The lowest BCUT2D eigenvalue weighted by Crippen LogP contribution is -2.50. The third kappa shape index (κ3) is 4.64. The summed E-state index contributed by atoms with van der Waals surface area (Å²) in [6, 6.07) is 9.47. The molecule has 1 saturated heterocycles. The van der Waals surface area contributed by atoms with Crippen molar-refractivity contribution >= 4 is 40.3 Å². The minimum absolute atomic E-state index is 0.00633. The lowest BCUT2D eigenvalue weighted by atomic mass is 10.2. The van der Waals surface area contributed by atoms with Crippen molar-refractivity contribution in [2.45, 2.75) is 6.18 Å². The Balaban J connectivity index is 1.30. The second-order valence-corrected chi connectivity index (χ2v) is 7.53. The van der Waals surface area contributed by atoms with Crippen LogP contribution in [0.15, 0.2) is 47.0 Å². The second kappa shape index (κ2) is 8.70. The zero-order valence-corrected chi connectivity index (χ0v) is 17.3. The SMILES string of the molecule is O=C(OCC(=O)N1CCN(c2ncc(C(F)(F)F)cc2Cl)CC1)c1cc2ccccc2o1. The van der Waals surface area contributed by atoms with Gasteiger partial charge >= 0.3 is 12.1 Å². The summed E-state index contributed by atoms with van der Waals surface area (Å²) in [7, 11) is 0. The molecule has 0 aliphatic carbocycles. The van der Waals surface area contributed by atoms with Crippen molar-refractivity contribution in [2.24, 2.45) is 0 Å².